The van der Waals surface area contributed by atoms with Crippen LogP contribution in [-0.2, 0) is 0 Å². The van der Waals surface area contributed by atoms with Gasteiger partial charge in [0, 0.05) is 44.8 Å². The van der Waals surface area contributed by atoms with Crippen LogP contribution in [0.5, 0.6) is 0 Å². The summed E-state index contributed by atoms with van der Waals surface area (Å²) in [6, 6.07) is 62.9. The lowest BCUT2D eigenvalue weighted by atomic mass is 9.92. The molecule has 6 aromatic carbocycles. The SMILES string of the molecule is c1ccc(-c2cccc(-c3nc(-c4ccccc4)c(-c4ccc(-c5nc6c(nc7ccccn76)c6ccccc56)cc4)c(-c4ccccc4)n3)c2)cc1. The zero-order valence-corrected chi connectivity index (χ0v) is 28.6. The van der Waals surface area contributed by atoms with Crippen molar-refractivity contribution in [3.8, 4) is 67.4 Å². The number of hydrogen-bond donors (Lipinski definition) is 0. The van der Waals surface area contributed by atoms with E-state index in [2.05, 4.69) is 150 Å². The molecular formula is C48H31N5. The highest BCUT2D eigenvalue weighted by Gasteiger charge is 2.21. The molecular weight excluding hydrogens is 647 g/mol. The third-order valence-corrected chi connectivity index (χ3v) is 9.84. The van der Waals surface area contributed by atoms with Gasteiger partial charge in [0.15, 0.2) is 11.5 Å². The molecule has 5 heteroatoms. The molecule has 0 amide bonds. The molecule has 0 aliphatic heterocycles. The second-order valence-corrected chi connectivity index (χ2v) is 13.1. The van der Waals surface area contributed by atoms with Crippen LogP contribution >= 0.6 is 0 Å². The molecule has 248 valence electrons. The largest absolute Gasteiger partial charge is 0.284 e. The Balaban J connectivity index is 1.17. The number of rotatable bonds is 6. The van der Waals surface area contributed by atoms with E-state index in [1.54, 1.807) is 0 Å². The first-order valence-electron chi connectivity index (χ1n) is 17.7. The first-order chi connectivity index (χ1) is 26.3. The molecule has 0 fully saturated rings. The van der Waals surface area contributed by atoms with Gasteiger partial charge in [-0.05, 0) is 34.9 Å². The molecule has 0 bridgehead atoms. The summed E-state index contributed by atoms with van der Waals surface area (Å²) in [6.07, 6.45) is 2.02. The molecule has 0 saturated heterocycles. The fourth-order valence-electron chi connectivity index (χ4n) is 7.29. The average molecular weight is 678 g/mol. The number of hydrogen-bond acceptors (Lipinski definition) is 4. The van der Waals surface area contributed by atoms with Gasteiger partial charge in [0.1, 0.15) is 11.2 Å². The Morgan fingerprint density at radius 1 is 0.340 bits per heavy atom. The maximum atomic E-state index is 5.36. The normalized spacial score (nSPS) is 11.4. The molecule has 0 atom stereocenters. The Labute approximate surface area is 306 Å². The third-order valence-electron chi connectivity index (χ3n) is 9.84. The molecule has 4 heterocycles. The molecule has 0 spiro atoms. The molecule has 0 saturated carbocycles. The smallest absolute Gasteiger partial charge is 0.165 e. The Morgan fingerprint density at radius 3 is 1.55 bits per heavy atom. The molecule has 53 heavy (non-hydrogen) atoms. The van der Waals surface area contributed by atoms with Crippen LogP contribution in [0, 0.1) is 0 Å². The van der Waals surface area contributed by atoms with E-state index in [1.165, 1.54) is 0 Å². The molecule has 0 N–H and O–H groups in total. The minimum atomic E-state index is 0.679. The van der Waals surface area contributed by atoms with Crippen LogP contribution in [0.4, 0.5) is 0 Å². The monoisotopic (exact) mass is 677 g/mol. The molecule has 0 aliphatic rings. The number of benzene rings is 6. The zero-order chi connectivity index (χ0) is 35.1. The minimum Gasteiger partial charge on any atom is -0.284 e. The number of imidazole rings is 1. The zero-order valence-electron chi connectivity index (χ0n) is 28.6. The predicted octanol–water partition coefficient (Wildman–Crippen LogP) is 11.8. The molecule has 10 aromatic rings. The maximum Gasteiger partial charge on any atom is 0.165 e. The van der Waals surface area contributed by atoms with Crippen LogP contribution in [0.3, 0.4) is 0 Å². The van der Waals surface area contributed by atoms with Crippen LogP contribution < -0.4 is 0 Å². The van der Waals surface area contributed by atoms with Crippen molar-refractivity contribution in [2.45, 2.75) is 0 Å². The lowest BCUT2D eigenvalue weighted by Gasteiger charge is -2.17. The topological polar surface area (TPSA) is 56.0 Å². The minimum absolute atomic E-state index is 0.679. The molecule has 5 nitrogen and oxygen atoms in total. The van der Waals surface area contributed by atoms with Crippen molar-refractivity contribution in [1.82, 2.24) is 24.3 Å². The van der Waals surface area contributed by atoms with E-state index >= 15 is 0 Å². The Bertz CT molecular complexity index is 2860. The van der Waals surface area contributed by atoms with Crippen molar-refractivity contribution in [3.63, 3.8) is 0 Å². The van der Waals surface area contributed by atoms with E-state index in [-0.39, 0.29) is 0 Å². The lowest BCUT2D eigenvalue weighted by molar-refractivity contribution is 1.18. The first kappa shape index (κ1) is 30.6. The molecule has 10 rings (SSSR count). The fourth-order valence-corrected chi connectivity index (χ4v) is 7.29. The van der Waals surface area contributed by atoms with Gasteiger partial charge in [-0.1, -0.05) is 164 Å². The highest BCUT2D eigenvalue weighted by Crippen LogP contribution is 2.41. The third kappa shape index (κ3) is 5.43. The Hall–Kier alpha value is -7.24. The summed E-state index contributed by atoms with van der Waals surface area (Å²) < 4.78 is 2.06. The summed E-state index contributed by atoms with van der Waals surface area (Å²) >= 11 is 0. The Morgan fingerprint density at radius 2 is 0.868 bits per heavy atom. The summed E-state index contributed by atoms with van der Waals surface area (Å²) in [6.45, 7) is 0. The van der Waals surface area contributed by atoms with Crippen molar-refractivity contribution in [2.24, 2.45) is 0 Å². The van der Waals surface area contributed by atoms with E-state index in [9.17, 15) is 0 Å². The first-order valence-corrected chi connectivity index (χ1v) is 17.7. The van der Waals surface area contributed by atoms with Crippen LogP contribution in [0.15, 0.2) is 188 Å². The number of pyridine rings is 2. The van der Waals surface area contributed by atoms with E-state index < -0.39 is 0 Å². The van der Waals surface area contributed by atoms with Crippen molar-refractivity contribution < 1.29 is 0 Å². The Kier molecular flexibility index (Phi) is 7.40. The van der Waals surface area contributed by atoms with Gasteiger partial charge in [-0.3, -0.25) is 4.40 Å². The van der Waals surface area contributed by atoms with E-state index in [1.807, 2.05) is 42.6 Å². The van der Waals surface area contributed by atoms with Crippen molar-refractivity contribution in [2.75, 3.05) is 0 Å². The van der Waals surface area contributed by atoms with Crippen LogP contribution in [-0.4, -0.2) is 24.3 Å². The summed E-state index contributed by atoms with van der Waals surface area (Å²) in [5.41, 5.74) is 13.6. The second-order valence-electron chi connectivity index (χ2n) is 13.1. The molecule has 4 aromatic heterocycles. The van der Waals surface area contributed by atoms with Gasteiger partial charge in [-0.25, -0.2) is 19.9 Å². The standard InChI is InChI=1S/C48H31N5/c1-4-15-32(16-5-1)37-21-14-22-38(31-37)47-50-44(34-17-6-2-7-18-34)42(45(51-47)35-19-8-3-9-20-35)33-26-28-36(29-27-33)43-39-23-10-11-24-40(39)46-48(52-43)53-30-13-12-25-41(53)49-46/h1-31H. The molecule has 0 unspecified atom stereocenters. The van der Waals surface area contributed by atoms with Gasteiger partial charge < -0.3 is 0 Å². The highest BCUT2D eigenvalue weighted by atomic mass is 15.1. The van der Waals surface area contributed by atoms with Gasteiger partial charge in [0.05, 0.1) is 17.1 Å². The van der Waals surface area contributed by atoms with Gasteiger partial charge in [-0.15, -0.1) is 0 Å². The van der Waals surface area contributed by atoms with Gasteiger partial charge in [0.2, 0.25) is 0 Å². The summed E-state index contributed by atoms with van der Waals surface area (Å²) in [7, 11) is 0. The quantitative estimate of drug-likeness (QED) is 0.176. The lowest BCUT2D eigenvalue weighted by Crippen LogP contribution is -2.01. The summed E-state index contributed by atoms with van der Waals surface area (Å²) in [5.74, 6) is 0.679. The summed E-state index contributed by atoms with van der Waals surface area (Å²) in [5, 5.41) is 2.15. The molecule has 0 radical (unpaired) electrons. The van der Waals surface area contributed by atoms with Crippen LogP contribution in [0.1, 0.15) is 0 Å². The van der Waals surface area contributed by atoms with Crippen LogP contribution in [0.2, 0.25) is 0 Å². The second kappa shape index (κ2) is 12.8. The summed E-state index contributed by atoms with van der Waals surface area (Å²) in [4.78, 5) is 20.9. The van der Waals surface area contributed by atoms with Crippen molar-refractivity contribution in [3.05, 3.63) is 188 Å². The van der Waals surface area contributed by atoms with Crippen LogP contribution in [0.25, 0.3) is 95.0 Å². The van der Waals surface area contributed by atoms with E-state index in [0.717, 1.165) is 89.2 Å². The molecule has 0 aliphatic carbocycles. The van der Waals surface area contributed by atoms with Gasteiger partial charge >= 0.3 is 0 Å². The maximum absolute atomic E-state index is 5.36. The number of nitrogens with zero attached hydrogens (tertiary/aromatic N) is 5. The van der Waals surface area contributed by atoms with Crippen molar-refractivity contribution >= 4 is 27.6 Å². The number of fused-ring (bicyclic) bond motifs is 5. The average Bonchev–Trinajstić information content (AvgIpc) is 3.63. The van der Waals surface area contributed by atoms with E-state index in [0.29, 0.717) is 5.82 Å². The van der Waals surface area contributed by atoms with Crippen molar-refractivity contribution in [1.29, 1.82) is 0 Å². The van der Waals surface area contributed by atoms with Gasteiger partial charge in [0.25, 0.3) is 0 Å². The van der Waals surface area contributed by atoms with E-state index in [4.69, 9.17) is 19.9 Å². The fraction of sp³-hybridized carbons (Fsp3) is 0. The number of aromatic nitrogens is 5. The van der Waals surface area contributed by atoms with Gasteiger partial charge in [-0.2, -0.15) is 0 Å². The highest BCUT2D eigenvalue weighted by molar-refractivity contribution is 6.09. The predicted molar refractivity (Wildman–Crippen MR) is 216 cm³/mol.